The molecular weight excluding hydrogens is 216 g/mol. The second-order valence-corrected chi connectivity index (χ2v) is 6.76. The van der Waals surface area contributed by atoms with Crippen LogP contribution in [0.3, 0.4) is 0 Å². The van der Waals surface area contributed by atoms with Crippen molar-refractivity contribution in [3.8, 4) is 0 Å². The largest absolute Gasteiger partial charge is 0.338 e. The Bertz CT molecular complexity index is 379. The SMILES string of the molecule is CC1(N2CCCNC2=O)CCS(=O)(=O)C1. The van der Waals surface area contributed by atoms with Crippen LogP contribution in [0.25, 0.3) is 0 Å². The standard InChI is InChI=1S/C9H16N2O3S/c1-9(3-6-15(13,14)7-9)11-5-2-4-10-8(11)12/h2-7H2,1H3,(H,10,12). The maximum atomic E-state index is 11.6. The van der Waals surface area contributed by atoms with Crippen molar-refractivity contribution in [3.05, 3.63) is 0 Å². The lowest BCUT2D eigenvalue weighted by Crippen LogP contribution is -2.57. The van der Waals surface area contributed by atoms with Crippen molar-refractivity contribution in [1.29, 1.82) is 0 Å². The van der Waals surface area contributed by atoms with Gasteiger partial charge < -0.3 is 10.2 Å². The smallest absolute Gasteiger partial charge is 0.317 e. The summed E-state index contributed by atoms with van der Waals surface area (Å²) in [4.78, 5) is 13.3. The van der Waals surface area contributed by atoms with Gasteiger partial charge in [-0.2, -0.15) is 0 Å². The Kier molecular flexibility index (Phi) is 2.41. The fourth-order valence-electron chi connectivity index (χ4n) is 2.35. The summed E-state index contributed by atoms with van der Waals surface area (Å²) in [6.07, 6.45) is 1.45. The minimum absolute atomic E-state index is 0.105. The summed E-state index contributed by atoms with van der Waals surface area (Å²) in [6.45, 7) is 3.22. The Morgan fingerprint density at radius 3 is 2.73 bits per heavy atom. The molecule has 15 heavy (non-hydrogen) atoms. The molecule has 1 atom stereocenters. The summed E-state index contributed by atoms with van der Waals surface area (Å²) in [6, 6.07) is -0.124. The van der Waals surface area contributed by atoms with Gasteiger partial charge in [0.1, 0.15) is 0 Å². The molecule has 2 rings (SSSR count). The maximum Gasteiger partial charge on any atom is 0.317 e. The Morgan fingerprint density at radius 1 is 1.47 bits per heavy atom. The number of sulfone groups is 1. The highest BCUT2D eigenvalue weighted by atomic mass is 32.2. The molecule has 6 heteroatoms. The summed E-state index contributed by atoms with van der Waals surface area (Å²) in [5.41, 5.74) is -0.497. The summed E-state index contributed by atoms with van der Waals surface area (Å²) in [7, 11) is -2.95. The van der Waals surface area contributed by atoms with Crippen LogP contribution in [0.4, 0.5) is 4.79 Å². The lowest BCUT2D eigenvalue weighted by atomic mass is 9.98. The van der Waals surface area contributed by atoms with Gasteiger partial charge in [-0.1, -0.05) is 0 Å². The van der Waals surface area contributed by atoms with Crippen LogP contribution in [0.15, 0.2) is 0 Å². The minimum Gasteiger partial charge on any atom is -0.338 e. The molecule has 2 fully saturated rings. The van der Waals surface area contributed by atoms with Gasteiger partial charge in [0.25, 0.3) is 0 Å². The van der Waals surface area contributed by atoms with Crippen LogP contribution in [0.5, 0.6) is 0 Å². The average Bonchev–Trinajstić information content (AvgIpc) is 2.42. The highest BCUT2D eigenvalue weighted by Crippen LogP contribution is 2.30. The van der Waals surface area contributed by atoms with Crippen molar-refractivity contribution in [1.82, 2.24) is 10.2 Å². The van der Waals surface area contributed by atoms with Gasteiger partial charge in [-0.05, 0) is 19.8 Å². The van der Waals surface area contributed by atoms with Gasteiger partial charge >= 0.3 is 6.03 Å². The van der Waals surface area contributed by atoms with Crippen LogP contribution < -0.4 is 5.32 Å². The molecular formula is C9H16N2O3S. The summed E-state index contributed by atoms with van der Waals surface area (Å²) in [5.74, 6) is 0.306. The van der Waals surface area contributed by atoms with Crippen molar-refractivity contribution in [2.75, 3.05) is 24.6 Å². The first kappa shape index (κ1) is 10.7. The van der Waals surface area contributed by atoms with E-state index in [1.54, 1.807) is 4.90 Å². The van der Waals surface area contributed by atoms with Crippen LogP contribution in [-0.2, 0) is 9.84 Å². The van der Waals surface area contributed by atoms with E-state index in [4.69, 9.17) is 0 Å². The fraction of sp³-hybridized carbons (Fsp3) is 0.889. The zero-order valence-corrected chi connectivity index (χ0v) is 9.64. The van der Waals surface area contributed by atoms with Crippen LogP contribution >= 0.6 is 0 Å². The third-order valence-electron chi connectivity index (χ3n) is 3.21. The molecule has 0 spiro atoms. The van der Waals surface area contributed by atoms with Gasteiger partial charge in [-0.3, -0.25) is 0 Å². The van der Waals surface area contributed by atoms with E-state index in [1.807, 2.05) is 6.92 Å². The van der Waals surface area contributed by atoms with Crippen molar-refractivity contribution < 1.29 is 13.2 Å². The van der Waals surface area contributed by atoms with Crippen LogP contribution in [-0.4, -0.2) is 49.5 Å². The zero-order valence-electron chi connectivity index (χ0n) is 8.82. The molecule has 0 bridgehead atoms. The predicted molar refractivity (Wildman–Crippen MR) is 56.4 cm³/mol. The average molecular weight is 232 g/mol. The summed E-state index contributed by atoms with van der Waals surface area (Å²) < 4.78 is 22.9. The van der Waals surface area contributed by atoms with E-state index in [0.29, 0.717) is 19.5 Å². The quantitative estimate of drug-likeness (QED) is 0.691. The molecule has 2 aliphatic rings. The molecule has 0 aromatic rings. The highest BCUT2D eigenvalue weighted by Gasteiger charge is 2.45. The molecule has 0 aliphatic carbocycles. The third kappa shape index (κ3) is 1.95. The van der Waals surface area contributed by atoms with Gasteiger partial charge in [0.15, 0.2) is 9.84 Å². The van der Waals surface area contributed by atoms with Gasteiger partial charge in [-0.15, -0.1) is 0 Å². The number of rotatable bonds is 1. The van der Waals surface area contributed by atoms with Crippen molar-refractivity contribution in [3.63, 3.8) is 0 Å². The fourth-order valence-corrected chi connectivity index (χ4v) is 4.49. The van der Waals surface area contributed by atoms with E-state index in [9.17, 15) is 13.2 Å². The Morgan fingerprint density at radius 2 is 2.20 bits per heavy atom. The molecule has 2 amide bonds. The lowest BCUT2D eigenvalue weighted by molar-refractivity contribution is 0.125. The highest BCUT2D eigenvalue weighted by molar-refractivity contribution is 7.91. The molecule has 2 heterocycles. The number of urea groups is 1. The second kappa shape index (κ2) is 3.37. The van der Waals surface area contributed by atoms with E-state index in [-0.39, 0.29) is 17.5 Å². The number of hydrogen-bond acceptors (Lipinski definition) is 3. The molecule has 1 unspecified atom stereocenters. The first-order valence-corrected chi connectivity index (χ1v) is 7.01. The molecule has 0 saturated carbocycles. The maximum absolute atomic E-state index is 11.6. The molecule has 5 nitrogen and oxygen atoms in total. The lowest BCUT2D eigenvalue weighted by Gasteiger charge is -2.40. The number of amides is 2. The number of carbonyl (C=O) groups excluding carboxylic acids is 1. The first-order valence-electron chi connectivity index (χ1n) is 5.19. The van der Waals surface area contributed by atoms with Gasteiger partial charge in [0.05, 0.1) is 17.0 Å². The molecule has 2 aliphatic heterocycles. The van der Waals surface area contributed by atoms with E-state index in [1.165, 1.54) is 0 Å². The van der Waals surface area contributed by atoms with Crippen LogP contribution in [0, 0.1) is 0 Å². The first-order chi connectivity index (χ1) is 6.93. The number of nitrogens with one attached hydrogen (secondary N) is 1. The Balaban J connectivity index is 2.19. The molecule has 2 saturated heterocycles. The van der Waals surface area contributed by atoms with Crippen molar-refractivity contribution >= 4 is 15.9 Å². The zero-order chi connectivity index (χ0) is 11.1. The third-order valence-corrected chi connectivity index (χ3v) is 5.10. The van der Waals surface area contributed by atoms with Gasteiger partial charge in [0.2, 0.25) is 0 Å². The van der Waals surface area contributed by atoms with E-state index in [2.05, 4.69) is 5.32 Å². The summed E-state index contributed by atoms with van der Waals surface area (Å²) in [5, 5.41) is 2.75. The molecule has 0 aromatic heterocycles. The normalized spacial score (nSPS) is 35.3. The van der Waals surface area contributed by atoms with Crippen molar-refractivity contribution in [2.24, 2.45) is 0 Å². The number of hydrogen-bond donors (Lipinski definition) is 1. The van der Waals surface area contributed by atoms with E-state index < -0.39 is 15.4 Å². The topological polar surface area (TPSA) is 66.5 Å². The minimum atomic E-state index is -2.95. The van der Waals surface area contributed by atoms with Gasteiger partial charge in [0, 0.05) is 13.1 Å². The van der Waals surface area contributed by atoms with E-state index in [0.717, 1.165) is 6.42 Å². The Hall–Kier alpha value is -0.780. The van der Waals surface area contributed by atoms with Crippen LogP contribution in [0.1, 0.15) is 19.8 Å². The second-order valence-electron chi connectivity index (χ2n) is 4.58. The molecule has 0 aromatic carbocycles. The number of carbonyl (C=O) groups is 1. The summed E-state index contributed by atoms with van der Waals surface area (Å²) >= 11 is 0. The molecule has 0 radical (unpaired) electrons. The van der Waals surface area contributed by atoms with Gasteiger partial charge in [-0.25, -0.2) is 13.2 Å². The van der Waals surface area contributed by atoms with Crippen molar-refractivity contribution in [2.45, 2.75) is 25.3 Å². The number of nitrogens with zero attached hydrogens (tertiary/aromatic N) is 1. The van der Waals surface area contributed by atoms with Crippen LogP contribution in [0.2, 0.25) is 0 Å². The Labute approximate surface area is 89.7 Å². The monoisotopic (exact) mass is 232 g/mol. The molecule has 1 N–H and O–H groups in total. The molecule has 86 valence electrons. The van der Waals surface area contributed by atoms with E-state index >= 15 is 0 Å². The predicted octanol–water partition coefficient (Wildman–Crippen LogP) is -0.0211.